The molecule has 1 heterocycles. The fourth-order valence-corrected chi connectivity index (χ4v) is 3.94. The average molecular weight is 454 g/mol. The number of amides is 1. The molecule has 0 atom stereocenters. The summed E-state index contributed by atoms with van der Waals surface area (Å²) in [5.41, 5.74) is 5.11. The minimum Gasteiger partial charge on any atom is -0.296 e. The van der Waals surface area contributed by atoms with Crippen LogP contribution in [0.1, 0.15) is 18.1 Å². The summed E-state index contributed by atoms with van der Waals surface area (Å²) in [4.78, 5) is 16.7. The molecule has 1 aliphatic heterocycles. The third-order valence-electron chi connectivity index (χ3n) is 4.85. The predicted molar refractivity (Wildman–Crippen MR) is 120 cm³/mol. The van der Waals surface area contributed by atoms with Crippen molar-refractivity contribution in [3.05, 3.63) is 68.7 Å². The number of hydrogen-bond acceptors (Lipinski definition) is 4. The number of hydrogen-bond donors (Lipinski definition) is 1. The normalized spacial score (nSPS) is 16.1. The van der Waals surface area contributed by atoms with Crippen LogP contribution in [0.2, 0.25) is 15.1 Å². The summed E-state index contributed by atoms with van der Waals surface area (Å²) in [6, 6.07) is 13.1. The van der Waals surface area contributed by atoms with E-state index in [0.29, 0.717) is 22.3 Å². The summed E-state index contributed by atoms with van der Waals surface area (Å²) in [7, 11) is 0. The predicted octanol–water partition coefficient (Wildman–Crippen LogP) is 4.30. The molecular weight excluding hydrogens is 431 g/mol. The lowest BCUT2D eigenvalue weighted by Crippen LogP contribution is -2.48. The van der Waals surface area contributed by atoms with Crippen LogP contribution < -0.4 is 5.43 Å². The molecule has 2 aromatic carbocycles. The fourth-order valence-electron chi connectivity index (χ4n) is 3.20. The van der Waals surface area contributed by atoms with Gasteiger partial charge in [0.1, 0.15) is 0 Å². The van der Waals surface area contributed by atoms with E-state index < -0.39 is 0 Å². The van der Waals surface area contributed by atoms with E-state index in [1.807, 2.05) is 18.2 Å². The van der Waals surface area contributed by atoms with Gasteiger partial charge in [-0.3, -0.25) is 14.6 Å². The van der Waals surface area contributed by atoms with Crippen LogP contribution >= 0.6 is 34.8 Å². The molecule has 1 saturated heterocycles. The highest BCUT2D eigenvalue weighted by atomic mass is 35.5. The van der Waals surface area contributed by atoms with Crippen LogP contribution in [0.3, 0.4) is 0 Å². The van der Waals surface area contributed by atoms with Crippen molar-refractivity contribution in [1.82, 2.24) is 15.2 Å². The summed E-state index contributed by atoms with van der Waals surface area (Å²) in [5.74, 6) is -0.144. The Morgan fingerprint density at radius 1 is 1.00 bits per heavy atom. The standard InChI is InChI=1S/C21H23Cl3N4O/c1-15(18-7-6-17(22)12-20(18)24)25-26-21(29)14-28-10-8-27(9-11-28)13-16-4-2-3-5-19(16)23/h2-7,12H,8-11,13-14H2,1H3,(H,26,29)/b25-15+. The van der Waals surface area contributed by atoms with Gasteiger partial charge in [-0.15, -0.1) is 0 Å². The number of benzene rings is 2. The highest BCUT2D eigenvalue weighted by Crippen LogP contribution is 2.21. The van der Waals surface area contributed by atoms with E-state index in [1.54, 1.807) is 25.1 Å². The van der Waals surface area contributed by atoms with Gasteiger partial charge in [0.05, 0.1) is 17.3 Å². The van der Waals surface area contributed by atoms with Gasteiger partial charge in [-0.2, -0.15) is 5.10 Å². The Labute approximate surface area is 186 Å². The third kappa shape index (κ3) is 6.43. The number of nitrogens with one attached hydrogen (secondary N) is 1. The van der Waals surface area contributed by atoms with Gasteiger partial charge in [-0.1, -0.05) is 59.1 Å². The monoisotopic (exact) mass is 452 g/mol. The maximum absolute atomic E-state index is 12.3. The molecule has 0 saturated carbocycles. The van der Waals surface area contributed by atoms with E-state index >= 15 is 0 Å². The Morgan fingerprint density at radius 3 is 2.38 bits per heavy atom. The number of halogens is 3. The third-order valence-corrected chi connectivity index (χ3v) is 5.77. The molecule has 0 aliphatic carbocycles. The van der Waals surface area contributed by atoms with Gasteiger partial charge >= 0.3 is 0 Å². The van der Waals surface area contributed by atoms with Crippen molar-refractivity contribution in [3.63, 3.8) is 0 Å². The SMILES string of the molecule is C/C(=N\NC(=O)CN1CCN(Cc2ccccc2Cl)CC1)c1ccc(Cl)cc1Cl. The zero-order chi connectivity index (χ0) is 20.8. The summed E-state index contributed by atoms with van der Waals surface area (Å²) in [6.45, 7) is 6.36. The van der Waals surface area contributed by atoms with Crippen molar-refractivity contribution in [1.29, 1.82) is 0 Å². The summed E-state index contributed by atoms with van der Waals surface area (Å²) in [6.07, 6.45) is 0. The summed E-state index contributed by atoms with van der Waals surface area (Å²) >= 11 is 18.3. The lowest BCUT2D eigenvalue weighted by molar-refractivity contribution is -0.122. The van der Waals surface area contributed by atoms with E-state index in [1.165, 1.54) is 0 Å². The molecule has 1 amide bonds. The number of carbonyl (C=O) groups is 1. The van der Waals surface area contributed by atoms with Crippen molar-refractivity contribution in [2.75, 3.05) is 32.7 Å². The van der Waals surface area contributed by atoms with Crippen LogP contribution in [0.15, 0.2) is 47.6 Å². The first kappa shape index (κ1) is 22.1. The number of piperazine rings is 1. The maximum Gasteiger partial charge on any atom is 0.254 e. The largest absolute Gasteiger partial charge is 0.296 e. The van der Waals surface area contributed by atoms with E-state index in [-0.39, 0.29) is 5.91 Å². The van der Waals surface area contributed by atoms with Crippen LogP contribution in [0.25, 0.3) is 0 Å². The summed E-state index contributed by atoms with van der Waals surface area (Å²) < 4.78 is 0. The lowest BCUT2D eigenvalue weighted by atomic mass is 10.1. The van der Waals surface area contributed by atoms with E-state index in [0.717, 1.165) is 48.9 Å². The van der Waals surface area contributed by atoms with Gasteiger partial charge in [-0.05, 0) is 30.7 Å². The molecule has 1 aliphatic rings. The molecule has 2 aromatic rings. The van der Waals surface area contributed by atoms with Gasteiger partial charge in [0, 0.05) is 48.3 Å². The zero-order valence-electron chi connectivity index (χ0n) is 16.2. The van der Waals surface area contributed by atoms with E-state index in [9.17, 15) is 4.79 Å². The van der Waals surface area contributed by atoms with Crippen LogP contribution in [-0.4, -0.2) is 54.1 Å². The first-order valence-corrected chi connectivity index (χ1v) is 10.5. The molecule has 3 rings (SSSR count). The second-order valence-electron chi connectivity index (χ2n) is 7.00. The quantitative estimate of drug-likeness (QED) is 0.524. The molecule has 0 unspecified atom stereocenters. The number of carbonyl (C=O) groups excluding carboxylic acids is 1. The van der Waals surface area contributed by atoms with Gasteiger partial charge in [0.25, 0.3) is 5.91 Å². The zero-order valence-corrected chi connectivity index (χ0v) is 18.4. The molecule has 5 nitrogen and oxygen atoms in total. The highest BCUT2D eigenvalue weighted by molar-refractivity contribution is 6.37. The number of nitrogens with zero attached hydrogens (tertiary/aromatic N) is 3. The first-order valence-electron chi connectivity index (χ1n) is 9.39. The number of rotatable bonds is 6. The fraction of sp³-hybridized carbons (Fsp3) is 0.333. The molecule has 29 heavy (non-hydrogen) atoms. The van der Waals surface area contributed by atoms with Gasteiger partial charge < -0.3 is 0 Å². The topological polar surface area (TPSA) is 47.9 Å². The lowest BCUT2D eigenvalue weighted by Gasteiger charge is -2.34. The molecule has 154 valence electrons. The van der Waals surface area contributed by atoms with Crippen LogP contribution in [0, 0.1) is 0 Å². The molecule has 1 N–H and O–H groups in total. The van der Waals surface area contributed by atoms with Crippen molar-refractivity contribution in [3.8, 4) is 0 Å². The smallest absolute Gasteiger partial charge is 0.254 e. The van der Waals surface area contributed by atoms with Gasteiger partial charge in [0.2, 0.25) is 0 Å². The molecular formula is C21H23Cl3N4O. The van der Waals surface area contributed by atoms with Gasteiger partial charge in [-0.25, -0.2) is 5.43 Å². The van der Waals surface area contributed by atoms with Crippen molar-refractivity contribution in [2.45, 2.75) is 13.5 Å². The van der Waals surface area contributed by atoms with Gasteiger partial charge in [0.15, 0.2) is 0 Å². The highest BCUT2D eigenvalue weighted by Gasteiger charge is 2.19. The molecule has 0 spiro atoms. The Morgan fingerprint density at radius 2 is 1.69 bits per heavy atom. The van der Waals surface area contributed by atoms with Crippen molar-refractivity contribution >= 4 is 46.4 Å². The second-order valence-corrected chi connectivity index (χ2v) is 8.25. The molecule has 0 aromatic heterocycles. The summed E-state index contributed by atoms with van der Waals surface area (Å²) in [5, 5.41) is 6.03. The Bertz CT molecular complexity index is 895. The van der Waals surface area contributed by atoms with Crippen LogP contribution in [0.4, 0.5) is 0 Å². The second kappa shape index (κ2) is 10.4. The Kier molecular flexibility index (Phi) is 7.92. The average Bonchev–Trinajstić information content (AvgIpc) is 2.69. The van der Waals surface area contributed by atoms with E-state index in [4.69, 9.17) is 34.8 Å². The molecule has 0 radical (unpaired) electrons. The minimum atomic E-state index is -0.144. The number of hydrazone groups is 1. The van der Waals surface area contributed by atoms with Crippen molar-refractivity contribution in [2.24, 2.45) is 5.10 Å². The van der Waals surface area contributed by atoms with Crippen LogP contribution in [0.5, 0.6) is 0 Å². The van der Waals surface area contributed by atoms with Crippen molar-refractivity contribution < 1.29 is 4.79 Å². The molecule has 1 fully saturated rings. The van der Waals surface area contributed by atoms with E-state index in [2.05, 4.69) is 26.4 Å². The van der Waals surface area contributed by atoms with Crippen LogP contribution in [-0.2, 0) is 11.3 Å². The molecule has 0 bridgehead atoms. The molecule has 8 heteroatoms. The Balaban J connectivity index is 1.45. The maximum atomic E-state index is 12.3. The minimum absolute atomic E-state index is 0.144. The Hall–Kier alpha value is -1.63. The first-order chi connectivity index (χ1) is 13.9.